The largest absolute Gasteiger partial charge is 0.495 e. The van der Waals surface area contributed by atoms with Crippen molar-refractivity contribution in [3.8, 4) is 5.75 Å². The van der Waals surface area contributed by atoms with Gasteiger partial charge in [0.25, 0.3) is 5.91 Å². The molecule has 1 amide bonds. The molecule has 110 valence electrons. The van der Waals surface area contributed by atoms with Crippen molar-refractivity contribution in [1.82, 2.24) is 5.43 Å². The van der Waals surface area contributed by atoms with E-state index >= 15 is 0 Å². The Balaban J connectivity index is 1.86. The fourth-order valence-corrected chi connectivity index (χ4v) is 2.37. The number of amides is 1. The molecule has 2 aromatic rings. The smallest absolute Gasteiger partial charge is 0.259 e. The molecule has 0 bridgehead atoms. The van der Waals surface area contributed by atoms with Crippen molar-refractivity contribution in [1.29, 1.82) is 0 Å². The number of nitrogens with zero attached hydrogens (tertiary/aromatic N) is 1. The Labute approximate surface area is 127 Å². The monoisotopic (exact) mass is 303 g/mol. The average Bonchev–Trinajstić information content (AvgIpc) is 3.05. The molecular weight excluding hydrogens is 286 g/mol. The van der Waals surface area contributed by atoms with Gasteiger partial charge in [-0.3, -0.25) is 4.79 Å². The normalized spacial score (nSPS) is 11.0. The number of ether oxygens (including phenoxy) is 1. The molecule has 0 aliphatic rings. The number of hydrogen-bond acceptors (Lipinski definition) is 5. The number of benzene rings is 1. The molecular formula is C15H17N3O2S. The van der Waals surface area contributed by atoms with E-state index in [1.165, 1.54) is 0 Å². The lowest BCUT2D eigenvalue weighted by atomic mass is 10.3. The molecule has 0 fully saturated rings. The summed E-state index contributed by atoms with van der Waals surface area (Å²) in [5, 5.41) is 9.07. The van der Waals surface area contributed by atoms with E-state index in [9.17, 15) is 4.79 Å². The van der Waals surface area contributed by atoms with Crippen molar-refractivity contribution < 1.29 is 9.53 Å². The zero-order valence-electron chi connectivity index (χ0n) is 11.9. The van der Waals surface area contributed by atoms with Crippen molar-refractivity contribution in [2.45, 2.75) is 6.92 Å². The number of carbonyl (C=O) groups excluding carboxylic acids is 1. The van der Waals surface area contributed by atoms with Gasteiger partial charge < -0.3 is 10.1 Å². The van der Waals surface area contributed by atoms with Gasteiger partial charge in [-0.15, -0.1) is 11.3 Å². The summed E-state index contributed by atoms with van der Waals surface area (Å²) in [4.78, 5) is 12.8. The van der Waals surface area contributed by atoms with Crippen LogP contribution in [0.25, 0.3) is 0 Å². The molecule has 0 atom stereocenters. The number of hydrazone groups is 1. The van der Waals surface area contributed by atoms with Crippen LogP contribution in [0.3, 0.4) is 0 Å². The molecule has 0 radical (unpaired) electrons. The Hall–Kier alpha value is -2.34. The van der Waals surface area contributed by atoms with E-state index in [-0.39, 0.29) is 12.5 Å². The molecule has 1 heterocycles. The second kappa shape index (κ2) is 7.44. The molecule has 1 aromatic carbocycles. The number of methoxy groups -OCH3 is 1. The van der Waals surface area contributed by atoms with Crippen LogP contribution in [0.5, 0.6) is 5.75 Å². The van der Waals surface area contributed by atoms with Crippen molar-refractivity contribution in [2.75, 3.05) is 19.0 Å². The highest BCUT2D eigenvalue weighted by Gasteiger charge is 2.05. The first-order chi connectivity index (χ1) is 10.2. The predicted octanol–water partition coefficient (Wildman–Crippen LogP) is 2.71. The molecule has 1 aromatic heterocycles. The van der Waals surface area contributed by atoms with E-state index in [1.807, 2.05) is 48.7 Å². The van der Waals surface area contributed by atoms with E-state index in [0.717, 1.165) is 16.3 Å². The summed E-state index contributed by atoms with van der Waals surface area (Å²) < 4.78 is 5.20. The van der Waals surface area contributed by atoms with Crippen LogP contribution in [0.1, 0.15) is 11.8 Å². The van der Waals surface area contributed by atoms with Gasteiger partial charge in [0.2, 0.25) is 0 Å². The predicted molar refractivity (Wildman–Crippen MR) is 86.2 cm³/mol. The molecule has 0 saturated heterocycles. The van der Waals surface area contributed by atoms with Crippen molar-refractivity contribution >= 4 is 28.6 Å². The van der Waals surface area contributed by atoms with Crippen LogP contribution in [-0.2, 0) is 4.79 Å². The molecule has 2 rings (SSSR count). The average molecular weight is 303 g/mol. The fourth-order valence-electron chi connectivity index (χ4n) is 1.69. The van der Waals surface area contributed by atoms with E-state index in [4.69, 9.17) is 4.74 Å². The maximum absolute atomic E-state index is 11.8. The van der Waals surface area contributed by atoms with Crippen LogP contribution in [-0.4, -0.2) is 25.3 Å². The summed E-state index contributed by atoms with van der Waals surface area (Å²) in [6, 6.07) is 11.3. The maximum atomic E-state index is 11.8. The highest BCUT2D eigenvalue weighted by Crippen LogP contribution is 2.22. The zero-order valence-corrected chi connectivity index (χ0v) is 12.7. The van der Waals surface area contributed by atoms with Gasteiger partial charge in [0.05, 0.1) is 25.1 Å². The SMILES string of the molecule is COc1ccccc1NCC(=O)N/N=C(/C)c1cccs1. The zero-order chi connectivity index (χ0) is 15.1. The van der Waals surface area contributed by atoms with Crippen LogP contribution in [0.4, 0.5) is 5.69 Å². The number of carbonyl (C=O) groups is 1. The van der Waals surface area contributed by atoms with Crippen LogP contribution in [0, 0.1) is 0 Å². The van der Waals surface area contributed by atoms with Gasteiger partial charge >= 0.3 is 0 Å². The minimum atomic E-state index is -0.211. The molecule has 2 N–H and O–H groups in total. The molecule has 6 heteroatoms. The maximum Gasteiger partial charge on any atom is 0.259 e. The lowest BCUT2D eigenvalue weighted by molar-refractivity contribution is -0.119. The Morgan fingerprint density at radius 2 is 2.10 bits per heavy atom. The second-order valence-electron chi connectivity index (χ2n) is 4.26. The van der Waals surface area contributed by atoms with Crippen LogP contribution in [0.2, 0.25) is 0 Å². The third-order valence-electron chi connectivity index (χ3n) is 2.77. The van der Waals surface area contributed by atoms with Gasteiger partial charge in [-0.25, -0.2) is 5.43 Å². The van der Waals surface area contributed by atoms with Gasteiger partial charge in [-0.05, 0) is 30.5 Å². The number of anilines is 1. The number of nitrogens with one attached hydrogen (secondary N) is 2. The summed E-state index contributed by atoms with van der Waals surface area (Å²) in [6.45, 7) is 1.99. The van der Waals surface area contributed by atoms with Crippen molar-refractivity contribution in [3.05, 3.63) is 46.7 Å². The molecule has 0 aliphatic carbocycles. The Morgan fingerprint density at radius 3 is 2.81 bits per heavy atom. The van der Waals surface area contributed by atoms with Crippen molar-refractivity contribution in [3.63, 3.8) is 0 Å². The Morgan fingerprint density at radius 1 is 1.29 bits per heavy atom. The van der Waals surface area contributed by atoms with E-state index in [2.05, 4.69) is 15.8 Å². The van der Waals surface area contributed by atoms with E-state index < -0.39 is 0 Å². The summed E-state index contributed by atoms with van der Waals surface area (Å²) in [5.41, 5.74) is 4.09. The first kappa shape index (κ1) is 15.1. The third-order valence-corrected chi connectivity index (χ3v) is 3.75. The molecule has 0 aliphatic heterocycles. The number of rotatable bonds is 6. The minimum Gasteiger partial charge on any atom is -0.495 e. The lowest BCUT2D eigenvalue weighted by Crippen LogP contribution is -2.26. The number of hydrogen-bond donors (Lipinski definition) is 2. The summed E-state index contributed by atoms with van der Waals surface area (Å²) >= 11 is 1.58. The molecule has 0 unspecified atom stereocenters. The van der Waals surface area contributed by atoms with Gasteiger partial charge in [-0.2, -0.15) is 5.10 Å². The van der Waals surface area contributed by atoms with Gasteiger partial charge in [0, 0.05) is 4.88 Å². The molecule has 0 spiro atoms. The van der Waals surface area contributed by atoms with Crippen LogP contribution < -0.4 is 15.5 Å². The molecule has 5 nitrogen and oxygen atoms in total. The summed E-state index contributed by atoms with van der Waals surface area (Å²) in [6.07, 6.45) is 0. The van der Waals surface area contributed by atoms with Crippen LogP contribution >= 0.6 is 11.3 Å². The summed E-state index contributed by atoms with van der Waals surface area (Å²) in [7, 11) is 1.59. The fraction of sp³-hybridized carbons (Fsp3) is 0.200. The molecule has 0 saturated carbocycles. The van der Waals surface area contributed by atoms with E-state index in [1.54, 1.807) is 18.4 Å². The first-order valence-electron chi connectivity index (χ1n) is 6.44. The number of thiophene rings is 1. The van der Waals surface area contributed by atoms with Gasteiger partial charge in [-0.1, -0.05) is 18.2 Å². The van der Waals surface area contributed by atoms with Crippen LogP contribution in [0.15, 0.2) is 46.9 Å². The van der Waals surface area contributed by atoms with Gasteiger partial charge in [0.15, 0.2) is 0 Å². The van der Waals surface area contributed by atoms with Gasteiger partial charge in [0.1, 0.15) is 5.75 Å². The number of para-hydroxylation sites is 2. The Bertz CT molecular complexity index is 624. The Kier molecular flexibility index (Phi) is 5.34. The second-order valence-corrected chi connectivity index (χ2v) is 5.21. The standard InChI is InChI=1S/C15H17N3O2S/c1-11(14-8-5-9-21-14)17-18-15(19)10-16-12-6-3-4-7-13(12)20-2/h3-9,16H,10H2,1-2H3,(H,18,19)/b17-11-. The van der Waals surface area contributed by atoms with Crippen molar-refractivity contribution in [2.24, 2.45) is 5.10 Å². The summed E-state index contributed by atoms with van der Waals surface area (Å²) in [5.74, 6) is 0.486. The van der Waals surface area contributed by atoms with E-state index in [0.29, 0.717) is 5.75 Å². The minimum absolute atomic E-state index is 0.127. The topological polar surface area (TPSA) is 62.7 Å². The highest BCUT2D eigenvalue weighted by atomic mass is 32.1. The molecule has 21 heavy (non-hydrogen) atoms. The third kappa shape index (κ3) is 4.32. The first-order valence-corrected chi connectivity index (χ1v) is 7.32. The highest BCUT2D eigenvalue weighted by molar-refractivity contribution is 7.12. The quantitative estimate of drug-likeness (QED) is 0.637. The lowest BCUT2D eigenvalue weighted by Gasteiger charge is -2.09.